The van der Waals surface area contributed by atoms with Gasteiger partial charge in [0.1, 0.15) is 5.82 Å². The highest BCUT2D eigenvalue weighted by molar-refractivity contribution is 9.10. The average Bonchev–Trinajstić information content (AvgIpc) is 2.58. The second-order valence-corrected chi connectivity index (χ2v) is 6.58. The fraction of sp³-hybridized carbons (Fsp3) is 0.333. The number of rotatable bonds is 7. The van der Waals surface area contributed by atoms with Gasteiger partial charge >= 0.3 is 6.18 Å². The smallest absolute Gasteiger partial charge is 0.417 e. The first kappa shape index (κ1) is 21.0. The number of benzene rings is 1. The molecule has 2 aromatic rings. The largest absolute Gasteiger partial charge is 0.490 e. The molecule has 1 heterocycles. The van der Waals surface area contributed by atoms with Crippen LogP contribution in [0.15, 0.2) is 40.0 Å². The number of pyridine rings is 1. The van der Waals surface area contributed by atoms with Crippen LogP contribution in [0, 0.1) is 0 Å². The second-order valence-electron chi connectivity index (χ2n) is 5.73. The molecular weight excluding hydrogens is 427 g/mol. The standard InChI is InChI=1S/C18H19BrF3N3O2/c1-4-26-15-8-12(7-14(19)17(15)27-11(2)3)9-24-25-16-6-5-13(10-23-16)18(20,21)22/h5-11H,4H2,1-3H3,(H,23,25)/b24-9-. The van der Waals surface area contributed by atoms with Crippen LogP contribution >= 0.6 is 15.9 Å². The summed E-state index contributed by atoms with van der Waals surface area (Å²) in [4.78, 5) is 3.69. The molecule has 1 aromatic heterocycles. The lowest BCUT2D eigenvalue weighted by Crippen LogP contribution is -2.08. The Bertz CT molecular complexity index is 794. The monoisotopic (exact) mass is 445 g/mol. The van der Waals surface area contributed by atoms with Crippen molar-refractivity contribution in [1.82, 2.24) is 4.98 Å². The summed E-state index contributed by atoms with van der Waals surface area (Å²) in [6.45, 7) is 6.16. The molecular formula is C18H19BrF3N3O2. The van der Waals surface area contributed by atoms with Crippen molar-refractivity contribution in [2.75, 3.05) is 12.0 Å². The normalized spacial score (nSPS) is 11.9. The van der Waals surface area contributed by atoms with Crippen LogP contribution in [0.5, 0.6) is 11.5 Å². The summed E-state index contributed by atoms with van der Waals surface area (Å²) in [5.74, 6) is 1.36. The van der Waals surface area contributed by atoms with Gasteiger partial charge in [-0.05, 0) is 66.5 Å². The number of nitrogens with zero attached hydrogens (tertiary/aromatic N) is 2. The van der Waals surface area contributed by atoms with Gasteiger partial charge in [0, 0.05) is 6.20 Å². The van der Waals surface area contributed by atoms with E-state index in [9.17, 15) is 13.2 Å². The molecule has 0 spiro atoms. The van der Waals surface area contributed by atoms with Gasteiger partial charge in [-0.15, -0.1) is 0 Å². The minimum Gasteiger partial charge on any atom is -0.490 e. The predicted octanol–water partition coefficient (Wildman–Crippen LogP) is 5.49. The molecule has 0 radical (unpaired) electrons. The first-order chi connectivity index (χ1) is 12.7. The summed E-state index contributed by atoms with van der Waals surface area (Å²) in [6, 6.07) is 5.71. The van der Waals surface area contributed by atoms with E-state index in [4.69, 9.17) is 9.47 Å². The van der Waals surface area contributed by atoms with Crippen molar-refractivity contribution in [1.29, 1.82) is 0 Å². The highest BCUT2D eigenvalue weighted by Gasteiger charge is 2.30. The van der Waals surface area contributed by atoms with E-state index in [-0.39, 0.29) is 11.9 Å². The van der Waals surface area contributed by atoms with Gasteiger partial charge in [-0.3, -0.25) is 5.43 Å². The lowest BCUT2D eigenvalue weighted by atomic mass is 10.2. The minimum atomic E-state index is -4.42. The van der Waals surface area contributed by atoms with Gasteiger partial charge in [0.2, 0.25) is 0 Å². The molecule has 0 fully saturated rings. The molecule has 0 bridgehead atoms. The number of anilines is 1. The van der Waals surface area contributed by atoms with Crippen LogP contribution < -0.4 is 14.9 Å². The maximum absolute atomic E-state index is 12.5. The first-order valence-electron chi connectivity index (χ1n) is 8.16. The zero-order valence-electron chi connectivity index (χ0n) is 15.0. The summed E-state index contributed by atoms with van der Waals surface area (Å²) >= 11 is 3.45. The summed E-state index contributed by atoms with van der Waals surface area (Å²) in [6.07, 6.45) is -2.19. The molecule has 0 atom stereocenters. The fourth-order valence-electron chi connectivity index (χ4n) is 2.08. The fourth-order valence-corrected chi connectivity index (χ4v) is 2.63. The Morgan fingerprint density at radius 2 is 2.04 bits per heavy atom. The number of hydrogen-bond acceptors (Lipinski definition) is 5. The summed E-state index contributed by atoms with van der Waals surface area (Å²) in [5, 5.41) is 4.00. The van der Waals surface area contributed by atoms with E-state index in [1.807, 2.05) is 20.8 Å². The zero-order chi connectivity index (χ0) is 20.0. The number of hydrogen-bond donors (Lipinski definition) is 1. The van der Waals surface area contributed by atoms with Crippen molar-refractivity contribution in [2.45, 2.75) is 33.1 Å². The number of nitrogens with one attached hydrogen (secondary N) is 1. The summed E-state index contributed by atoms with van der Waals surface area (Å²) in [7, 11) is 0. The molecule has 0 amide bonds. The van der Waals surface area contributed by atoms with Crippen LogP contribution in [0.3, 0.4) is 0 Å². The van der Waals surface area contributed by atoms with Crippen LogP contribution in [0.1, 0.15) is 31.9 Å². The van der Waals surface area contributed by atoms with Crippen LogP contribution in [-0.4, -0.2) is 23.9 Å². The predicted molar refractivity (Wildman–Crippen MR) is 102 cm³/mol. The average molecular weight is 446 g/mol. The molecule has 0 aliphatic heterocycles. The molecule has 0 aliphatic carbocycles. The molecule has 5 nitrogen and oxygen atoms in total. The Morgan fingerprint density at radius 3 is 2.59 bits per heavy atom. The van der Waals surface area contributed by atoms with Gasteiger partial charge in [-0.1, -0.05) is 0 Å². The topological polar surface area (TPSA) is 55.7 Å². The van der Waals surface area contributed by atoms with Gasteiger partial charge in [0.05, 0.1) is 29.0 Å². The Morgan fingerprint density at radius 1 is 1.30 bits per heavy atom. The van der Waals surface area contributed by atoms with Crippen molar-refractivity contribution < 1.29 is 22.6 Å². The molecule has 0 saturated heterocycles. The van der Waals surface area contributed by atoms with Crippen LogP contribution in [0.4, 0.5) is 19.0 Å². The molecule has 9 heteroatoms. The lowest BCUT2D eigenvalue weighted by Gasteiger charge is -2.16. The van der Waals surface area contributed by atoms with Crippen LogP contribution in [0.2, 0.25) is 0 Å². The first-order valence-corrected chi connectivity index (χ1v) is 8.95. The highest BCUT2D eigenvalue weighted by Crippen LogP contribution is 2.37. The van der Waals surface area contributed by atoms with E-state index < -0.39 is 11.7 Å². The third-order valence-electron chi connectivity index (χ3n) is 3.17. The van der Waals surface area contributed by atoms with Crippen LogP contribution in [0.25, 0.3) is 0 Å². The summed E-state index contributed by atoms with van der Waals surface area (Å²) < 4.78 is 49.7. The highest BCUT2D eigenvalue weighted by atomic mass is 79.9. The number of halogens is 4. The van der Waals surface area contributed by atoms with E-state index in [0.717, 1.165) is 12.3 Å². The van der Waals surface area contributed by atoms with Crippen molar-refractivity contribution in [3.8, 4) is 11.5 Å². The van der Waals surface area contributed by atoms with E-state index >= 15 is 0 Å². The molecule has 1 N–H and O–H groups in total. The van der Waals surface area contributed by atoms with E-state index in [2.05, 4.69) is 31.4 Å². The Kier molecular flexibility index (Phi) is 7.06. The maximum Gasteiger partial charge on any atom is 0.417 e. The Labute approximate surface area is 163 Å². The van der Waals surface area contributed by atoms with E-state index in [1.54, 1.807) is 12.1 Å². The van der Waals surface area contributed by atoms with E-state index in [1.165, 1.54) is 12.3 Å². The number of ether oxygens (including phenoxy) is 2. The van der Waals surface area contributed by atoms with Crippen molar-refractivity contribution in [3.63, 3.8) is 0 Å². The maximum atomic E-state index is 12.5. The quantitative estimate of drug-likeness (QED) is 0.451. The number of aromatic nitrogens is 1. The van der Waals surface area contributed by atoms with Gasteiger partial charge in [0.15, 0.2) is 11.5 Å². The third kappa shape index (κ3) is 6.13. The van der Waals surface area contributed by atoms with Crippen molar-refractivity contribution in [3.05, 3.63) is 46.1 Å². The molecule has 27 heavy (non-hydrogen) atoms. The lowest BCUT2D eigenvalue weighted by molar-refractivity contribution is -0.137. The number of alkyl halides is 3. The molecule has 0 saturated carbocycles. The third-order valence-corrected chi connectivity index (χ3v) is 3.76. The number of hydrazone groups is 1. The van der Waals surface area contributed by atoms with Gasteiger partial charge < -0.3 is 9.47 Å². The minimum absolute atomic E-state index is 0.0209. The second kappa shape index (κ2) is 9.07. The molecule has 2 rings (SSSR count). The zero-order valence-corrected chi connectivity index (χ0v) is 16.6. The van der Waals surface area contributed by atoms with Crippen molar-refractivity contribution in [2.24, 2.45) is 5.10 Å². The SMILES string of the molecule is CCOc1cc(/C=N\Nc2ccc(C(F)(F)F)cn2)cc(Br)c1OC(C)C. The Balaban J connectivity index is 2.14. The molecule has 1 aromatic carbocycles. The van der Waals surface area contributed by atoms with Gasteiger partial charge in [-0.2, -0.15) is 18.3 Å². The molecule has 0 unspecified atom stereocenters. The summed E-state index contributed by atoms with van der Waals surface area (Å²) in [5.41, 5.74) is 2.49. The Hall–Kier alpha value is -2.29. The van der Waals surface area contributed by atoms with Gasteiger partial charge in [-0.25, -0.2) is 4.98 Å². The molecule has 0 aliphatic rings. The van der Waals surface area contributed by atoms with Crippen molar-refractivity contribution >= 4 is 28.0 Å². The van der Waals surface area contributed by atoms with Crippen LogP contribution in [-0.2, 0) is 6.18 Å². The molecule has 146 valence electrons. The van der Waals surface area contributed by atoms with E-state index in [0.29, 0.717) is 28.1 Å². The van der Waals surface area contributed by atoms with Gasteiger partial charge in [0.25, 0.3) is 0 Å².